The van der Waals surface area contributed by atoms with Gasteiger partial charge in [0, 0.05) is 0 Å². The largest absolute Gasteiger partial charge is 0.543 e. The van der Waals surface area contributed by atoms with Crippen molar-refractivity contribution >= 4 is 5.69 Å². The van der Waals surface area contributed by atoms with E-state index >= 15 is 0 Å². The van der Waals surface area contributed by atoms with Crippen molar-refractivity contribution in [1.29, 1.82) is 0 Å². The lowest BCUT2D eigenvalue weighted by Crippen LogP contribution is -2.17. The Kier molecular flexibility index (Phi) is 6.59. The normalized spacial score (nSPS) is 10.4. The Balaban J connectivity index is 0.000000276. The number of anilines is 1. The summed E-state index contributed by atoms with van der Waals surface area (Å²) in [5.74, 6) is 0. The zero-order valence-corrected chi connectivity index (χ0v) is 11.0. The average molecular weight is 283 g/mol. The minimum atomic E-state index is -4.66. The van der Waals surface area contributed by atoms with Gasteiger partial charge >= 0.3 is 6.36 Å². The number of hydrogen-bond donors (Lipinski definition) is 1. The number of nitrogens with one attached hydrogen (secondary N) is 1. The minimum Gasteiger partial charge on any atom is -0.258 e. The highest BCUT2D eigenvalue weighted by atomic mass is 19.4. The average Bonchev–Trinajstić information content (AvgIpc) is 2.47. The standard InChI is InChI=1S/C9H10F3NO.C6H6/c1-2-7-3-5-8(6-4-7)13-14-9(10,11)12;1-2-4-6-5-3-1/h3-6,13H,2H2,1H3;1-6H. The van der Waals surface area contributed by atoms with Crippen LogP contribution in [0.2, 0.25) is 0 Å². The number of alkyl halides is 3. The van der Waals surface area contributed by atoms with E-state index in [0.717, 1.165) is 12.0 Å². The molecule has 2 rings (SSSR count). The van der Waals surface area contributed by atoms with Gasteiger partial charge in [0.2, 0.25) is 0 Å². The Morgan fingerprint density at radius 1 is 0.900 bits per heavy atom. The van der Waals surface area contributed by atoms with Crippen LogP contribution in [0.4, 0.5) is 18.9 Å². The molecule has 2 nitrogen and oxygen atoms in total. The van der Waals surface area contributed by atoms with Crippen molar-refractivity contribution in [3.63, 3.8) is 0 Å². The topological polar surface area (TPSA) is 21.3 Å². The lowest BCUT2D eigenvalue weighted by atomic mass is 10.2. The summed E-state index contributed by atoms with van der Waals surface area (Å²) in [6.45, 7) is 1.97. The summed E-state index contributed by atoms with van der Waals surface area (Å²) in [5, 5.41) is 0. The Hall–Kier alpha value is -2.01. The number of aryl methyl sites for hydroxylation is 1. The first-order chi connectivity index (χ1) is 9.51. The molecular formula is C15H16F3NO. The predicted molar refractivity (Wildman–Crippen MR) is 73.0 cm³/mol. The summed E-state index contributed by atoms with van der Waals surface area (Å²) in [6.07, 6.45) is -3.82. The molecule has 0 atom stereocenters. The van der Waals surface area contributed by atoms with Crippen molar-refractivity contribution in [2.24, 2.45) is 0 Å². The van der Waals surface area contributed by atoms with Gasteiger partial charge < -0.3 is 0 Å². The molecule has 5 heteroatoms. The molecule has 0 aliphatic rings. The van der Waals surface area contributed by atoms with Gasteiger partial charge in [0.05, 0.1) is 5.69 Å². The van der Waals surface area contributed by atoms with E-state index in [-0.39, 0.29) is 5.69 Å². The van der Waals surface area contributed by atoms with Crippen LogP contribution < -0.4 is 5.48 Å². The molecule has 0 unspecified atom stereocenters. The monoisotopic (exact) mass is 283 g/mol. The summed E-state index contributed by atoms with van der Waals surface area (Å²) >= 11 is 0. The van der Waals surface area contributed by atoms with Crippen molar-refractivity contribution in [3.05, 3.63) is 66.2 Å². The van der Waals surface area contributed by atoms with Crippen LogP contribution in [0, 0.1) is 0 Å². The SMILES string of the molecule is CCc1ccc(NOC(F)(F)F)cc1.c1ccccc1. The second kappa shape index (κ2) is 8.22. The maximum Gasteiger partial charge on any atom is 0.543 e. The first kappa shape index (κ1) is 16.0. The van der Waals surface area contributed by atoms with E-state index in [9.17, 15) is 13.2 Å². The molecule has 0 radical (unpaired) electrons. The molecule has 0 amide bonds. The molecule has 0 spiro atoms. The number of rotatable bonds is 3. The van der Waals surface area contributed by atoms with E-state index in [1.165, 1.54) is 12.1 Å². The summed E-state index contributed by atoms with van der Waals surface area (Å²) in [7, 11) is 0. The summed E-state index contributed by atoms with van der Waals surface area (Å²) in [6, 6.07) is 18.5. The fourth-order valence-electron chi connectivity index (χ4n) is 1.31. The molecule has 0 saturated carbocycles. The van der Waals surface area contributed by atoms with Crippen molar-refractivity contribution in [2.75, 3.05) is 5.48 Å². The first-order valence-corrected chi connectivity index (χ1v) is 6.11. The van der Waals surface area contributed by atoms with Gasteiger partial charge in [-0.15, -0.1) is 13.2 Å². The second-order valence-corrected chi connectivity index (χ2v) is 3.86. The van der Waals surface area contributed by atoms with Crippen LogP contribution in [-0.2, 0) is 11.3 Å². The molecule has 0 bridgehead atoms. The van der Waals surface area contributed by atoms with Crippen LogP contribution in [-0.4, -0.2) is 6.36 Å². The van der Waals surface area contributed by atoms with Gasteiger partial charge in [-0.05, 0) is 24.1 Å². The molecular weight excluding hydrogens is 267 g/mol. The lowest BCUT2D eigenvalue weighted by molar-refractivity contribution is -0.311. The summed E-state index contributed by atoms with van der Waals surface area (Å²) in [4.78, 5) is 3.44. The first-order valence-electron chi connectivity index (χ1n) is 6.11. The highest BCUT2D eigenvalue weighted by Crippen LogP contribution is 2.18. The van der Waals surface area contributed by atoms with Crippen molar-refractivity contribution < 1.29 is 18.0 Å². The number of benzene rings is 2. The van der Waals surface area contributed by atoms with E-state index < -0.39 is 6.36 Å². The van der Waals surface area contributed by atoms with Crippen molar-refractivity contribution in [2.45, 2.75) is 19.7 Å². The fraction of sp³-hybridized carbons (Fsp3) is 0.200. The highest BCUT2D eigenvalue weighted by Gasteiger charge is 2.30. The third-order valence-electron chi connectivity index (χ3n) is 2.31. The van der Waals surface area contributed by atoms with Crippen LogP contribution in [0.1, 0.15) is 12.5 Å². The van der Waals surface area contributed by atoms with Crippen molar-refractivity contribution in [1.82, 2.24) is 0 Å². The Bertz CT molecular complexity index is 442. The molecule has 0 aliphatic carbocycles. The Morgan fingerprint density at radius 2 is 1.35 bits per heavy atom. The van der Waals surface area contributed by atoms with E-state index in [0.29, 0.717) is 0 Å². The van der Waals surface area contributed by atoms with Gasteiger partial charge in [-0.25, -0.2) is 0 Å². The minimum absolute atomic E-state index is 0.277. The van der Waals surface area contributed by atoms with Crippen LogP contribution in [0.5, 0.6) is 0 Å². The van der Waals surface area contributed by atoms with Crippen LogP contribution in [0.3, 0.4) is 0 Å². The van der Waals surface area contributed by atoms with E-state index in [1.807, 2.05) is 48.8 Å². The molecule has 108 valence electrons. The molecule has 2 aromatic rings. The maximum absolute atomic E-state index is 11.6. The maximum atomic E-state index is 11.6. The zero-order valence-electron chi connectivity index (χ0n) is 11.0. The van der Waals surface area contributed by atoms with Gasteiger partial charge in [-0.1, -0.05) is 55.5 Å². The van der Waals surface area contributed by atoms with Crippen LogP contribution in [0.25, 0.3) is 0 Å². The van der Waals surface area contributed by atoms with Gasteiger partial charge in [-0.3, -0.25) is 5.48 Å². The third kappa shape index (κ3) is 7.43. The Morgan fingerprint density at radius 3 is 1.70 bits per heavy atom. The third-order valence-corrected chi connectivity index (χ3v) is 2.31. The molecule has 1 N–H and O–H groups in total. The quantitative estimate of drug-likeness (QED) is 0.817. The molecule has 0 fully saturated rings. The van der Waals surface area contributed by atoms with Gasteiger partial charge in [0.25, 0.3) is 0 Å². The fourth-order valence-corrected chi connectivity index (χ4v) is 1.31. The predicted octanol–water partition coefficient (Wildman–Crippen LogP) is 4.80. The number of hydrogen-bond acceptors (Lipinski definition) is 2. The molecule has 0 aliphatic heterocycles. The molecule has 0 aromatic heterocycles. The summed E-state index contributed by atoms with van der Waals surface area (Å²) < 4.78 is 34.8. The van der Waals surface area contributed by atoms with Gasteiger partial charge in [0.15, 0.2) is 0 Å². The van der Waals surface area contributed by atoms with E-state index in [1.54, 1.807) is 12.1 Å². The van der Waals surface area contributed by atoms with Gasteiger partial charge in [-0.2, -0.15) is 4.84 Å². The lowest BCUT2D eigenvalue weighted by Gasteiger charge is -2.09. The van der Waals surface area contributed by atoms with E-state index in [2.05, 4.69) is 4.84 Å². The van der Waals surface area contributed by atoms with Gasteiger partial charge in [0.1, 0.15) is 0 Å². The Labute approximate surface area is 116 Å². The van der Waals surface area contributed by atoms with E-state index in [4.69, 9.17) is 0 Å². The highest BCUT2D eigenvalue weighted by molar-refractivity contribution is 5.42. The summed E-state index contributed by atoms with van der Waals surface area (Å²) in [5.41, 5.74) is 3.15. The number of halogens is 3. The molecule has 20 heavy (non-hydrogen) atoms. The second-order valence-electron chi connectivity index (χ2n) is 3.86. The zero-order chi connectivity index (χ0) is 14.8. The smallest absolute Gasteiger partial charge is 0.258 e. The van der Waals surface area contributed by atoms with Crippen LogP contribution >= 0.6 is 0 Å². The van der Waals surface area contributed by atoms with Crippen molar-refractivity contribution in [3.8, 4) is 0 Å². The molecule has 2 aromatic carbocycles. The molecule has 0 heterocycles. The molecule has 0 saturated heterocycles. The van der Waals surface area contributed by atoms with Crippen LogP contribution in [0.15, 0.2) is 60.7 Å².